The second-order valence-electron chi connectivity index (χ2n) is 6.89. The Morgan fingerprint density at radius 1 is 1.14 bits per heavy atom. The number of carbonyl (C=O) groups excluding carboxylic acids is 2. The van der Waals surface area contributed by atoms with Crippen molar-refractivity contribution in [1.29, 1.82) is 0 Å². The smallest absolute Gasteiger partial charge is 0.410 e. The fourth-order valence-corrected chi connectivity index (χ4v) is 4.62. The second kappa shape index (κ2) is 5.41. The minimum absolute atomic E-state index is 0.196. The molecule has 4 fully saturated rings. The fourth-order valence-electron chi connectivity index (χ4n) is 4.62. The lowest BCUT2D eigenvalue weighted by Gasteiger charge is -2.43. The van der Waals surface area contributed by atoms with E-state index >= 15 is 0 Å². The maximum absolute atomic E-state index is 12.3. The number of ketones is 1. The minimum Gasteiger partial charge on any atom is -0.445 e. The number of fused-ring (bicyclic) bond motifs is 2. The summed E-state index contributed by atoms with van der Waals surface area (Å²) < 4.78 is 5.44. The van der Waals surface area contributed by atoms with Crippen LogP contribution in [0.3, 0.4) is 0 Å². The number of amides is 1. The molecule has 22 heavy (non-hydrogen) atoms. The summed E-state index contributed by atoms with van der Waals surface area (Å²) in [6.45, 7) is 1.79. The number of Topliss-reactive ketones (excluding diaryl/α,β-unsaturated/α-hetero) is 1. The standard InChI is InChI=1S/C18H21NO3/c20-17-8-13-6-7-14(17)16-10-19(9-15(13)16)18(21)22-11-12-4-2-1-3-5-12/h1-5,13-16H,6-11H2. The Bertz CT molecular complexity index is 585. The number of likely N-dealkylation sites (tertiary alicyclic amines) is 1. The van der Waals surface area contributed by atoms with E-state index in [0.717, 1.165) is 31.4 Å². The van der Waals surface area contributed by atoms with Gasteiger partial charge in [0.15, 0.2) is 0 Å². The highest BCUT2D eigenvalue weighted by Gasteiger charge is 2.52. The molecule has 2 bridgehead atoms. The Balaban J connectivity index is 1.38. The largest absolute Gasteiger partial charge is 0.445 e. The molecular formula is C18H21NO3. The Labute approximate surface area is 130 Å². The predicted molar refractivity (Wildman–Crippen MR) is 81.0 cm³/mol. The molecule has 0 N–H and O–H groups in total. The van der Waals surface area contributed by atoms with E-state index in [-0.39, 0.29) is 12.0 Å². The highest BCUT2D eigenvalue weighted by molar-refractivity contribution is 5.83. The molecule has 3 saturated carbocycles. The number of rotatable bonds is 2. The van der Waals surface area contributed by atoms with Crippen molar-refractivity contribution in [3.05, 3.63) is 35.9 Å². The topological polar surface area (TPSA) is 46.6 Å². The minimum atomic E-state index is -0.231. The van der Waals surface area contributed by atoms with Crippen LogP contribution in [0.2, 0.25) is 0 Å². The number of ether oxygens (including phenoxy) is 1. The van der Waals surface area contributed by atoms with E-state index in [1.54, 1.807) is 0 Å². The molecule has 4 aliphatic rings. The van der Waals surface area contributed by atoms with Crippen LogP contribution in [0.15, 0.2) is 30.3 Å². The first-order chi connectivity index (χ1) is 10.7. The lowest BCUT2D eigenvalue weighted by Crippen LogP contribution is -2.44. The molecule has 4 nitrogen and oxygen atoms in total. The molecule has 1 aliphatic heterocycles. The average Bonchev–Trinajstić information content (AvgIpc) is 3.01. The zero-order valence-corrected chi connectivity index (χ0v) is 12.6. The van der Waals surface area contributed by atoms with Crippen molar-refractivity contribution in [1.82, 2.24) is 4.90 Å². The lowest BCUT2D eigenvalue weighted by atomic mass is 9.59. The Morgan fingerprint density at radius 2 is 1.91 bits per heavy atom. The second-order valence-corrected chi connectivity index (χ2v) is 6.89. The van der Waals surface area contributed by atoms with E-state index < -0.39 is 0 Å². The van der Waals surface area contributed by atoms with Gasteiger partial charge in [0.05, 0.1) is 0 Å². The normalized spacial score (nSPS) is 32.9. The van der Waals surface area contributed by atoms with Crippen LogP contribution in [-0.4, -0.2) is 29.9 Å². The zero-order chi connectivity index (χ0) is 15.1. The summed E-state index contributed by atoms with van der Waals surface area (Å²) in [6.07, 6.45) is 2.69. The van der Waals surface area contributed by atoms with Crippen molar-refractivity contribution >= 4 is 11.9 Å². The van der Waals surface area contributed by atoms with Crippen molar-refractivity contribution in [2.45, 2.75) is 25.9 Å². The first-order valence-electron chi connectivity index (χ1n) is 8.20. The highest BCUT2D eigenvalue weighted by Crippen LogP contribution is 2.50. The van der Waals surface area contributed by atoms with Gasteiger partial charge in [-0.15, -0.1) is 0 Å². The van der Waals surface area contributed by atoms with Crippen LogP contribution in [0.5, 0.6) is 0 Å². The van der Waals surface area contributed by atoms with Crippen molar-refractivity contribution in [2.75, 3.05) is 13.1 Å². The molecule has 4 atom stereocenters. The highest BCUT2D eigenvalue weighted by atomic mass is 16.6. The molecule has 1 heterocycles. The Morgan fingerprint density at radius 3 is 2.68 bits per heavy atom. The SMILES string of the molecule is O=C1CC2CCC1C1CN(C(=O)OCc3ccccc3)CC21. The van der Waals surface area contributed by atoms with Crippen molar-refractivity contribution < 1.29 is 14.3 Å². The van der Waals surface area contributed by atoms with Crippen LogP contribution < -0.4 is 0 Å². The van der Waals surface area contributed by atoms with Crippen molar-refractivity contribution in [2.24, 2.45) is 23.7 Å². The summed E-state index contributed by atoms with van der Waals surface area (Å²) in [7, 11) is 0. The lowest BCUT2D eigenvalue weighted by molar-refractivity contribution is -0.134. The molecule has 1 aromatic carbocycles. The summed E-state index contributed by atoms with van der Waals surface area (Å²) in [6, 6.07) is 9.74. The first-order valence-corrected chi connectivity index (χ1v) is 8.20. The van der Waals surface area contributed by atoms with Gasteiger partial charge < -0.3 is 9.64 Å². The van der Waals surface area contributed by atoms with E-state index in [1.165, 1.54) is 0 Å². The van der Waals surface area contributed by atoms with E-state index in [9.17, 15) is 9.59 Å². The van der Waals surface area contributed by atoms with Gasteiger partial charge in [-0.05, 0) is 36.2 Å². The molecule has 5 rings (SSSR count). The molecule has 4 unspecified atom stereocenters. The summed E-state index contributed by atoms with van der Waals surface area (Å²) in [5.74, 6) is 2.01. The Kier molecular flexibility index (Phi) is 3.40. The van der Waals surface area contributed by atoms with Gasteiger partial charge in [0.25, 0.3) is 0 Å². The van der Waals surface area contributed by atoms with Gasteiger partial charge >= 0.3 is 6.09 Å². The zero-order valence-electron chi connectivity index (χ0n) is 12.6. The van der Waals surface area contributed by atoms with Crippen LogP contribution >= 0.6 is 0 Å². The fraction of sp³-hybridized carbons (Fsp3) is 0.556. The molecule has 4 heteroatoms. The molecule has 1 saturated heterocycles. The molecule has 0 aromatic heterocycles. The third-order valence-electron chi connectivity index (χ3n) is 5.72. The van der Waals surface area contributed by atoms with Crippen molar-refractivity contribution in [3.63, 3.8) is 0 Å². The first kappa shape index (κ1) is 13.8. The van der Waals surface area contributed by atoms with Gasteiger partial charge in [-0.1, -0.05) is 30.3 Å². The average molecular weight is 299 g/mol. The maximum Gasteiger partial charge on any atom is 0.410 e. The maximum atomic E-state index is 12.3. The van der Waals surface area contributed by atoms with Gasteiger partial charge in [0.2, 0.25) is 0 Å². The molecule has 1 amide bonds. The number of nitrogens with zero attached hydrogens (tertiary/aromatic N) is 1. The number of carbonyl (C=O) groups is 2. The quantitative estimate of drug-likeness (QED) is 0.843. The third kappa shape index (κ3) is 2.31. The Hall–Kier alpha value is -1.84. The molecule has 116 valence electrons. The van der Waals surface area contributed by atoms with Crippen LogP contribution in [0, 0.1) is 23.7 Å². The van der Waals surface area contributed by atoms with Crippen LogP contribution in [0.4, 0.5) is 4.79 Å². The summed E-state index contributed by atoms with van der Waals surface area (Å²) >= 11 is 0. The van der Waals surface area contributed by atoms with E-state index in [2.05, 4.69) is 0 Å². The number of hydrogen-bond donors (Lipinski definition) is 0. The number of benzene rings is 1. The summed E-state index contributed by atoms with van der Waals surface area (Å²) in [5.41, 5.74) is 1.00. The van der Waals surface area contributed by atoms with Gasteiger partial charge in [0, 0.05) is 25.4 Å². The summed E-state index contributed by atoms with van der Waals surface area (Å²) in [4.78, 5) is 26.2. The molecule has 0 radical (unpaired) electrons. The van der Waals surface area contributed by atoms with Crippen LogP contribution in [0.25, 0.3) is 0 Å². The van der Waals surface area contributed by atoms with Gasteiger partial charge in [-0.25, -0.2) is 4.79 Å². The van der Waals surface area contributed by atoms with Gasteiger partial charge in [-0.3, -0.25) is 4.79 Å². The molecular weight excluding hydrogens is 278 g/mol. The van der Waals surface area contributed by atoms with E-state index in [4.69, 9.17) is 4.74 Å². The number of hydrogen-bond acceptors (Lipinski definition) is 3. The van der Waals surface area contributed by atoms with E-state index in [1.807, 2.05) is 35.2 Å². The van der Waals surface area contributed by atoms with Gasteiger partial charge in [0.1, 0.15) is 12.4 Å². The van der Waals surface area contributed by atoms with Gasteiger partial charge in [-0.2, -0.15) is 0 Å². The van der Waals surface area contributed by atoms with Crippen LogP contribution in [0.1, 0.15) is 24.8 Å². The summed E-state index contributed by atoms with van der Waals surface area (Å²) in [5, 5.41) is 0. The van der Waals surface area contributed by atoms with Crippen LogP contribution in [-0.2, 0) is 16.1 Å². The van der Waals surface area contributed by atoms with Crippen molar-refractivity contribution in [3.8, 4) is 0 Å². The van der Waals surface area contributed by atoms with E-state index in [0.29, 0.717) is 36.7 Å². The monoisotopic (exact) mass is 299 g/mol. The predicted octanol–water partition coefficient (Wildman–Crippen LogP) is 2.87. The molecule has 0 spiro atoms. The third-order valence-corrected chi connectivity index (χ3v) is 5.72. The molecule has 3 aliphatic carbocycles. The molecule has 1 aromatic rings.